The maximum atomic E-state index is 15.4. The van der Waals surface area contributed by atoms with Crippen LogP contribution in [0.3, 0.4) is 0 Å². The first-order valence-corrected chi connectivity index (χ1v) is 17.7. The van der Waals surface area contributed by atoms with Crippen molar-refractivity contribution in [2.24, 2.45) is 0 Å². The molecule has 6 aromatic carbocycles. The van der Waals surface area contributed by atoms with Gasteiger partial charge in [-0.1, -0.05) is 41.9 Å². The SMILES string of the molecule is Fc1c(F)c(F)c([B-](c2c(F)c(F)c(F)c(F)c2F)(c2c(F)c(F)c(F)c(F)c2F)c2c(F)c(F)c(F)c(F)c2F)c(F)c1F.O=C(C[n+]1cccc2ccc(Cl)cc21)c1ccccc1. The van der Waals surface area contributed by atoms with Gasteiger partial charge in [0.25, 0.3) is 0 Å². The van der Waals surface area contributed by atoms with E-state index >= 15 is 35.1 Å². The third-order valence-electron chi connectivity index (χ3n) is 9.96. The summed E-state index contributed by atoms with van der Waals surface area (Å²) < 4.78 is 296. The zero-order valence-corrected chi connectivity index (χ0v) is 31.7. The molecule has 0 radical (unpaired) electrons. The molecular weight excluding hydrogens is 949 g/mol. The Morgan fingerprint density at radius 1 is 0.400 bits per heavy atom. The largest absolute Gasteiger partial charge is 0.287 e. The van der Waals surface area contributed by atoms with Gasteiger partial charge in [-0.2, -0.15) is 4.57 Å². The minimum atomic E-state index is -7.22. The van der Waals surface area contributed by atoms with Crippen LogP contribution in [-0.2, 0) is 6.54 Å². The Bertz CT molecular complexity index is 2730. The van der Waals surface area contributed by atoms with Gasteiger partial charge in [-0.05, 0) is 18.2 Å². The second kappa shape index (κ2) is 17.7. The van der Waals surface area contributed by atoms with Gasteiger partial charge in [-0.3, -0.25) is 4.79 Å². The highest BCUT2D eigenvalue weighted by atomic mass is 35.5. The van der Waals surface area contributed by atoms with Gasteiger partial charge in [0.15, 0.2) is 76.0 Å². The van der Waals surface area contributed by atoms with Crippen molar-refractivity contribution in [1.82, 2.24) is 0 Å². The summed E-state index contributed by atoms with van der Waals surface area (Å²) in [6, 6.07) is 19.0. The highest BCUT2D eigenvalue weighted by Gasteiger charge is 2.52. The number of carbonyl (C=O) groups is 1. The summed E-state index contributed by atoms with van der Waals surface area (Å²) in [7, 11) is 0. The second-order valence-electron chi connectivity index (χ2n) is 13.4. The standard InChI is InChI=1S/C24BF20.C17H13ClNO/c26-5-1(6(27)14(35)21(42)13(5)34)25(2-7(28)15(36)22(43)16(37)8(2)29,3-9(30)17(38)23(44)18(39)10(3)31)4-11(32)19(40)24(45)20(41)12(4)33;18-15-9-8-13-7-4-10-19(16(13)11-15)12-17(20)14-5-2-1-3-6-14/h;1-11H,12H2/q-1;+1. The van der Waals surface area contributed by atoms with Crippen LogP contribution in [0.1, 0.15) is 10.4 Å². The van der Waals surface area contributed by atoms with Gasteiger partial charge in [0.2, 0.25) is 17.8 Å². The van der Waals surface area contributed by atoms with Crippen LogP contribution < -0.4 is 26.4 Å². The molecule has 0 aliphatic carbocycles. The lowest BCUT2D eigenvalue weighted by atomic mass is 9.12. The van der Waals surface area contributed by atoms with Crippen LogP contribution in [0.4, 0.5) is 87.8 Å². The molecule has 0 unspecified atom stereocenters. The lowest BCUT2D eigenvalue weighted by molar-refractivity contribution is -0.657. The van der Waals surface area contributed by atoms with Crippen molar-refractivity contribution in [1.29, 1.82) is 0 Å². The molecule has 338 valence electrons. The Hall–Kier alpha value is -6.65. The summed E-state index contributed by atoms with van der Waals surface area (Å²) in [5.41, 5.74) is -12.6. The zero-order chi connectivity index (χ0) is 48.3. The van der Waals surface area contributed by atoms with E-state index in [9.17, 15) is 57.5 Å². The number of aromatic nitrogens is 1. The molecule has 0 saturated heterocycles. The van der Waals surface area contributed by atoms with Crippen LogP contribution in [0.5, 0.6) is 0 Å². The normalized spacial score (nSPS) is 11.6. The quantitative estimate of drug-likeness (QED) is 0.0390. The van der Waals surface area contributed by atoms with Crippen LogP contribution in [0.2, 0.25) is 5.02 Å². The number of hydrogen-bond donors (Lipinski definition) is 0. The molecule has 0 aliphatic rings. The molecule has 0 saturated carbocycles. The minimum absolute atomic E-state index is 0.0862. The molecule has 1 aromatic heterocycles. The molecule has 0 aliphatic heterocycles. The van der Waals surface area contributed by atoms with E-state index in [2.05, 4.69) is 0 Å². The van der Waals surface area contributed by atoms with E-state index in [-0.39, 0.29) is 5.78 Å². The van der Waals surface area contributed by atoms with Crippen LogP contribution >= 0.6 is 11.6 Å². The average Bonchev–Trinajstić information content (AvgIpc) is 3.29. The first kappa shape index (κ1) is 47.8. The van der Waals surface area contributed by atoms with Crippen LogP contribution in [0.25, 0.3) is 10.9 Å². The molecule has 0 amide bonds. The molecule has 0 spiro atoms. The van der Waals surface area contributed by atoms with Crippen LogP contribution in [0.15, 0.2) is 66.9 Å². The molecule has 65 heavy (non-hydrogen) atoms. The summed E-state index contributed by atoms with van der Waals surface area (Å²) >= 11 is 6.05. The van der Waals surface area contributed by atoms with E-state index in [0.717, 1.165) is 16.5 Å². The van der Waals surface area contributed by atoms with Crippen LogP contribution in [-0.4, -0.2) is 11.9 Å². The molecule has 0 N–H and O–H groups in total. The average molecular weight is 962 g/mol. The van der Waals surface area contributed by atoms with Crippen molar-refractivity contribution in [2.75, 3.05) is 0 Å². The van der Waals surface area contributed by atoms with E-state index in [1.807, 2.05) is 71.4 Å². The molecule has 0 bridgehead atoms. The molecule has 7 aromatic rings. The number of ketones is 1. The topological polar surface area (TPSA) is 20.9 Å². The predicted molar refractivity (Wildman–Crippen MR) is 189 cm³/mol. The third kappa shape index (κ3) is 7.57. The third-order valence-corrected chi connectivity index (χ3v) is 10.2. The predicted octanol–water partition coefficient (Wildman–Crippen LogP) is 9.51. The van der Waals surface area contributed by atoms with E-state index in [1.54, 1.807) is 0 Å². The second-order valence-corrected chi connectivity index (χ2v) is 13.9. The maximum Gasteiger partial charge on any atom is 0.227 e. The van der Waals surface area contributed by atoms with Gasteiger partial charge >= 0.3 is 0 Å². The van der Waals surface area contributed by atoms with E-state index in [0.29, 0.717) is 11.6 Å². The number of pyridine rings is 1. The van der Waals surface area contributed by atoms with Crippen molar-refractivity contribution in [3.8, 4) is 0 Å². The number of fused-ring (bicyclic) bond motifs is 1. The lowest BCUT2D eigenvalue weighted by Crippen LogP contribution is -2.81. The maximum absolute atomic E-state index is 15.4. The number of Topliss-reactive ketones (excluding diaryl/α,β-unsaturated/α-hetero) is 1. The highest BCUT2D eigenvalue weighted by Crippen LogP contribution is 2.31. The molecule has 1 heterocycles. The van der Waals surface area contributed by atoms with Crippen LogP contribution in [0, 0.1) is 116 Å². The number of halogens is 21. The summed E-state index contributed by atoms with van der Waals surface area (Å²) in [5.74, 6) is -71.3. The number of benzene rings is 6. The minimum Gasteiger partial charge on any atom is -0.287 e. The Morgan fingerprint density at radius 3 is 1.03 bits per heavy atom. The van der Waals surface area contributed by atoms with Gasteiger partial charge < -0.3 is 0 Å². The molecule has 24 heteroatoms. The van der Waals surface area contributed by atoms with Crippen molar-refractivity contribution >= 4 is 56.3 Å². The van der Waals surface area contributed by atoms with Gasteiger partial charge in [0.1, 0.15) is 52.7 Å². The fourth-order valence-electron chi connectivity index (χ4n) is 7.12. The van der Waals surface area contributed by atoms with Crippen molar-refractivity contribution in [2.45, 2.75) is 6.54 Å². The Balaban J connectivity index is 0.000000289. The lowest BCUT2D eigenvalue weighted by Gasteiger charge is -2.44. The Labute approximate surface area is 353 Å². The van der Waals surface area contributed by atoms with Gasteiger partial charge in [0.05, 0.1) is 0 Å². The fraction of sp³-hybridized carbons (Fsp3) is 0.0244. The van der Waals surface area contributed by atoms with Gasteiger partial charge in [0, 0.05) is 28.1 Å². The van der Waals surface area contributed by atoms with Crippen molar-refractivity contribution in [3.05, 3.63) is 194 Å². The van der Waals surface area contributed by atoms with E-state index in [4.69, 9.17) is 11.6 Å². The molecule has 2 nitrogen and oxygen atoms in total. The molecule has 0 atom stereocenters. The van der Waals surface area contributed by atoms with Crippen molar-refractivity contribution < 1.29 is 97.2 Å². The van der Waals surface area contributed by atoms with Gasteiger partial charge in [-0.25, -0.2) is 87.8 Å². The summed E-state index contributed by atoms with van der Waals surface area (Å²) in [6.07, 6.45) is -5.31. The van der Waals surface area contributed by atoms with Crippen molar-refractivity contribution in [3.63, 3.8) is 0 Å². The number of rotatable bonds is 7. The smallest absolute Gasteiger partial charge is 0.227 e. The Kier molecular flexibility index (Phi) is 13.0. The number of hydrogen-bond acceptors (Lipinski definition) is 1. The summed E-state index contributed by atoms with van der Waals surface area (Å²) in [4.78, 5) is 12.3. The molecule has 7 rings (SSSR count). The van der Waals surface area contributed by atoms with E-state index < -0.39 is 144 Å². The molecular formula is C41H13BClF20NO. The summed E-state index contributed by atoms with van der Waals surface area (Å²) in [6.45, 7) is 0.307. The number of carbonyl (C=O) groups excluding carboxylic acids is 1. The summed E-state index contributed by atoms with van der Waals surface area (Å²) in [5, 5.41) is 1.74. The van der Waals surface area contributed by atoms with E-state index in [1.165, 1.54) is 0 Å². The Morgan fingerprint density at radius 2 is 0.708 bits per heavy atom. The first-order chi connectivity index (χ1) is 30.4. The number of nitrogens with zero attached hydrogens (tertiary/aromatic N) is 1. The zero-order valence-electron chi connectivity index (χ0n) is 30.9. The fourth-order valence-corrected chi connectivity index (χ4v) is 7.29. The monoisotopic (exact) mass is 961 g/mol. The molecule has 0 fully saturated rings. The first-order valence-electron chi connectivity index (χ1n) is 17.3. The highest BCUT2D eigenvalue weighted by molar-refractivity contribution is 7.20. The van der Waals surface area contributed by atoms with Gasteiger partial charge in [-0.15, -0.1) is 21.9 Å².